The third-order valence-electron chi connectivity index (χ3n) is 2.74. The van der Waals surface area contributed by atoms with Crippen LogP contribution in [0.4, 0.5) is 0 Å². The number of nitrogens with one attached hydrogen (secondary N) is 1. The molecule has 0 bridgehead atoms. The molecule has 1 unspecified atom stereocenters. The summed E-state index contributed by atoms with van der Waals surface area (Å²) in [7, 11) is 0. The summed E-state index contributed by atoms with van der Waals surface area (Å²) in [6, 6.07) is 7.96. The van der Waals surface area contributed by atoms with Crippen molar-refractivity contribution < 1.29 is 9.90 Å². The van der Waals surface area contributed by atoms with Crippen LogP contribution in [0.3, 0.4) is 0 Å². The standard InChI is InChI=1S/C13H18BrNO2S/c1-3-15-13(2,12(16)17)8-9-18-11-7-5-4-6-10(11)14/h4-7,15H,3,8-9H2,1-2H3,(H,16,17). The second-order valence-corrected chi connectivity index (χ2v) is 6.19. The molecule has 0 saturated carbocycles. The first-order chi connectivity index (χ1) is 8.49. The van der Waals surface area contributed by atoms with Crippen molar-refractivity contribution in [2.45, 2.75) is 30.7 Å². The molecule has 100 valence electrons. The highest BCUT2D eigenvalue weighted by Gasteiger charge is 2.31. The van der Waals surface area contributed by atoms with Crippen LogP contribution < -0.4 is 5.32 Å². The van der Waals surface area contributed by atoms with Crippen molar-refractivity contribution in [3.63, 3.8) is 0 Å². The minimum Gasteiger partial charge on any atom is -0.480 e. The molecule has 1 aromatic rings. The highest BCUT2D eigenvalue weighted by molar-refractivity contribution is 9.10. The summed E-state index contributed by atoms with van der Waals surface area (Å²) in [5, 5.41) is 12.3. The molecule has 0 radical (unpaired) electrons. The Hall–Kier alpha value is -0.520. The third-order valence-corrected chi connectivity index (χ3v) is 4.76. The molecule has 0 aromatic heterocycles. The minimum atomic E-state index is -0.844. The van der Waals surface area contributed by atoms with Crippen LogP contribution in [0.1, 0.15) is 20.3 Å². The molecule has 0 aliphatic carbocycles. The SMILES string of the molecule is CCNC(C)(CCSc1ccccc1Br)C(=O)O. The van der Waals surface area contributed by atoms with Crippen molar-refractivity contribution >= 4 is 33.7 Å². The molecule has 1 atom stereocenters. The van der Waals surface area contributed by atoms with Gasteiger partial charge in [0.25, 0.3) is 0 Å². The zero-order chi connectivity index (χ0) is 13.6. The molecule has 0 amide bonds. The van der Waals surface area contributed by atoms with Crippen molar-refractivity contribution in [1.82, 2.24) is 5.32 Å². The van der Waals surface area contributed by atoms with Gasteiger partial charge in [0.1, 0.15) is 5.54 Å². The van der Waals surface area contributed by atoms with Gasteiger partial charge < -0.3 is 10.4 Å². The summed E-state index contributed by atoms with van der Waals surface area (Å²) in [5.41, 5.74) is -0.844. The lowest BCUT2D eigenvalue weighted by Gasteiger charge is -2.25. The molecule has 1 rings (SSSR count). The minimum absolute atomic E-state index is 0.585. The van der Waals surface area contributed by atoms with E-state index < -0.39 is 11.5 Å². The lowest BCUT2D eigenvalue weighted by Crippen LogP contribution is -2.49. The van der Waals surface area contributed by atoms with Gasteiger partial charge in [0.05, 0.1) is 0 Å². The van der Waals surface area contributed by atoms with Crippen LogP contribution >= 0.6 is 27.7 Å². The summed E-state index contributed by atoms with van der Waals surface area (Å²) in [6.45, 7) is 4.31. The molecule has 18 heavy (non-hydrogen) atoms. The molecular formula is C13H18BrNO2S. The van der Waals surface area contributed by atoms with E-state index in [0.717, 1.165) is 15.1 Å². The molecule has 5 heteroatoms. The number of benzene rings is 1. The molecule has 0 saturated heterocycles. The van der Waals surface area contributed by atoms with Gasteiger partial charge in [-0.25, -0.2) is 0 Å². The van der Waals surface area contributed by atoms with Crippen molar-refractivity contribution in [3.05, 3.63) is 28.7 Å². The number of likely N-dealkylation sites (N-methyl/N-ethyl adjacent to an activating group) is 1. The van der Waals surface area contributed by atoms with Crippen molar-refractivity contribution in [2.24, 2.45) is 0 Å². The molecule has 2 N–H and O–H groups in total. The summed E-state index contributed by atoms with van der Waals surface area (Å²) < 4.78 is 1.05. The van der Waals surface area contributed by atoms with Gasteiger partial charge in [-0.15, -0.1) is 11.8 Å². The average molecular weight is 332 g/mol. The van der Waals surface area contributed by atoms with Crippen molar-refractivity contribution in [3.8, 4) is 0 Å². The molecule has 0 fully saturated rings. The second-order valence-electron chi connectivity index (χ2n) is 4.20. The van der Waals surface area contributed by atoms with Gasteiger partial charge in [-0.2, -0.15) is 0 Å². The fraction of sp³-hybridized carbons (Fsp3) is 0.462. The van der Waals surface area contributed by atoms with E-state index in [9.17, 15) is 9.90 Å². The number of carboxylic acids is 1. The zero-order valence-corrected chi connectivity index (χ0v) is 13.0. The largest absolute Gasteiger partial charge is 0.480 e. The maximum Gasteiger partial charge on any atom is 0.323 e. The van der Waals surface area contributed by atoms with E-state index in [0.29, 0.717) is 13.0 Å². The smallest absolute Gasteiger partial charge is 0.323 e. The van der Waals surface area contributed by atoms with E-state index in [2.05, 4.69) is 21.2 Å². The first-order valence-electron chi connectivity index (χ1n) is 5.85. The van der Waals surface area contributed by atoms with E-state index in [4.69, 9.17) is 0 Å². The van der Waals surface area contributed by atoms with Crippen LogP contribution in [0.5, 0.6) is 0 Å². The molecule has 0 heterocycles. The summed E-state index contributed by atoms with van der Waals surface area (Å²) in [6.07, 6.45) is 0.585. The summed E-state index contributed by atoms with van der Waals surface area (Å²) in [5.74, 6) is -0.0321. The number of rotatable bonds is 7. The van der Waals surface area contributed by atoms with E-state index in [1.807, 2.05) is 31.2 Å². The first kappa shape index (κ1) is 15.5. The maximum absolute atomic E-state index is 11.2. The normalized spacial score (nSPS) is 14.2. The highest BCUT2D eigenvalue weighted by atomic mass is 79.9. The molecule has 0 aliphatic heterocycles. The molecular weight excluding hydrogens is 314 g/mol. The van der Waals surface area contributed by atoms with Crippen molar-refractivity contribution in [1.29, 1.82) is 0 Å². The number of carboxylic acid groups (broad SMARTS) is 1. The maximum atomic E-state index is 11.2. The second kappa shape index (κ2) is 7.16. The Labute approximate surface area is 120 Å². The Kier molecular flexibility index (Phi) is 6.18. The van der Waals surface area contributed by atoms with Gasteiger partial charge in [0.2, 0.25) is 0 Å². The van der Waals surface area contributed by atoms with Crippen LogP contribution in [-0.4, -0.2) is 28.9 Å². The van der Waals surface area contributed by atoms with E-state index in [1.54, 1.807) is 18.7 Å². The van der Waals surface area contributed by atoms with Crippen LogP contribution in [0.25, 0.3) is 0 Å². The lowest BCUT2D eigenvalue weighted by molar-refractivity contribution is -0.144. The average Bonchev–Trinajstić information content (AvgIpc) is 2.32. The van der Waals surface area contributed by atoms with Crippen molar-refractivity contribution in [2.75, 3.05) is 12.3 Å². The molecule has 0 spiro atoms. The predicted octanol–water partition coefficient (Wildman–Crippen LogP) is 3.38. The number of aliphatic carboxylic acids is 1. The molecule has 0 aliphatic rings. The Morgan fingerprint density at radius 2 is 2.17 bits per heavy atom. The Morgan fingerprint density at radius 1 is 1.50 bits per heavy atom. The number of hydrogen-bond donors (Lipinski definition) is 2. The number of halogens is 1. The van der Waals surface area contributed by atoms with Crippen LogP contribution in [0.15, 0.2) is 33.6 Å². The van der Waals surface area contributed by atoms with Gasteiger partial charge in [0, 0.05) is 15.1 Å². The first-order valence-corrected chi connectivity index (χ1v) is 7.63. The zero-order valence-electron chi connectivity index (χ0n) is 10.6. The lowest BCUT2D eigenvalue weighted by atomic mass is 9.99. The number of hydrogen-bond acceptors (Lipinski definition) is 3. The monoisotopic (exact) mass is 331 g/mol. The van der Waals surface area contributed by atoms with Gasteiger partial charge in [-0.3, -0.25) is 4.79 Å². The van der Waals surface area contributed by atoms with E-state index in [-0.39, 0.29) is 0 Å². The fourth-order valence-electron chi connectivity index (χ4n) is 1.59. The van der Waals surface area contributed by atoms with E-state index in [1.165, 1.54) is 0 Å². The number of carbonyl (C=O) groups is 1. The van der Waals surface area contributed by atoms with Gasteiger partial charge in [-0.05, 0) is 48.0 Å². The molecule has 1 aromatic carbocycles. The number of thioether (sulfide) groups is 1. The Morgan fingerprint density at radius 3 is 2.72 bits per heavy atom. The van der Waals surface area contributed by atoms with Gasteiger partial charge in [-0.1, -0.05) is 19.1 Å². The van der Waals surface area contributed by atoms with Gasteiger partial charge in [0.15, 0.2) is 0 Å². The summed E-state index contributed by atoms with van der Waals surface area (Å²) in [4.78, 5) is 12.4. The molecule has 3 nitrogen and oxygen atoms in total. The fourth-order valence-corrected chi connectivity index (χ4v) is 3.33. The summed E-state index contributed by atoms with van der Waals surface area (Å²) >= 11 is 5.15. The van der Waals surface area contributed by atoms with Crippen LogP contribution in [0, 0.1) is 0 Å². The third kappa shape index (κ3) is 4.30. The Balaban J connectivity index is 2.54. The van der Waals surface area contributed by atoms with Gasteiger partial charge >= 0.3 is 5.97 Å². The topological polar surface area (TPSA) is 49.3 Å². The highest BCUT2D eigenvalue weighted by Crippen LogP contribution is 2.28. The predicted molar refractivity (Wildman–Crippen MR) is 79.2 cm³/mol. The van der Waals surface area contributed by atoms with Crippen LogP contribution in [0.2, 0.25) is 0 Å². The quantitative estimate of drug-likeness (QED) is 0.752. The van der Waals surface area contributed by atoms with Crippen LogP contribution in [-0.2, 0) is 4.79 Å². The Bertz CT molecular complexity index is 414. The van der Waals surface area contributed by atoms with E-state index >= 15 is 0 Å².